The van der Waals surface area contributed by atoms with Crippen molar-refractivity contribution in [3.8, 4) is 5.75 Å². The second kappa shape index (κ2) is 5.21. The zero-order valence-electron chi connectivity index (χ0n) is 9.14. The summed E-state index contributed by atoms with van der Waals surface area (Å²) >= 11 is 0. The Labute approximate surface area is 92.4 Å². The number of hydrogen-bond acceptors (Lipinski definition) is 2. The van der Waals surface area contributed by atoms with Gasteiger partial charge in [-0.25, -0.2) is 0 Å². The molecule has 1 N–H and O–H groups in total. The highest BCUT2D eigenvalue weighted by Gasteiger charge is 2.28. The average Bonchev–Trinajstić information content (AvgIpc) is 2.25. The van der Waals surface area contributed by atoms with Crippen molar-refractivity contribution in [2.45, 2.75) is 19.1 Å². The Hall–Kier alpha value is -1.23. The lowest BCUT2D eigenvalue weighted by Gasteiger charge is -2.13. The zero-order chi connectivity index (χ0) is 12.2. The molecule has 16 heavy (non-hydrogen) atoms. The zero-order valence-corrected chi connectivity index (χ0v) is 9.14. The lowest BCUT2D eigenvalue weighted by molar-refractivity contribution is -0.153. The van der Waals surface area contributed by atoms with Gasteiger partial charge in [-0.15, -0.1) is 0 Å². The summed E-state index contributed by atoms with van der Waals surface area (Å²) in [5, 5.41) is 3.00. The van der Waals surface area contributed by atoms with Gasteiger partial charge in [0.25, 0.3) is 0 Å². The standard InChI is InChI=1S/C11H14F3NO/c1-8(15-2)9-4-3-5-10(6-9)16-7-11(12,13)14/h3-6,8,15H,7H2,1-2H3/t8-/m0/s1. The van der Waals surface area contributed by atoms with Gasteiger partial charge in [-0.2, -0.15) is 13.2 Å². The predicted octanol–water partition coefficient (Wildman–Crippen LogP) is 2.91. The Morgan fingerprint density at radius 2 is 2.06 bits per heavy atom. The number of halogens is 3. The third kappa shape index (κ3) is 4.10. The van der Waals surface area contributed by atoms with Crippen molar-refractivity contribution >= 4 is 0 Å². The molecule has 0 fully saturated rings. The smallest absolute Gasteiger partial charge is 0.422 e. The van der Waals surface area contributed by atoms with Gasteiger partial charge >= 0.3 is 6.18 Å². The van der Waals surface area contributed by atoms with E-state index in [4.69, 9.17) is 0 Å². The van der Waals surface area contributed by atoms with E-state index in [0.29, 0.717) is 0 Å². The van der Waals surface area contributed by atoms with Crippen LogP contribution >= 0.6 is 0 Å². The van der Waals surface area contributed by atoms with Crippen LogP contribution in [0, 0.1) is 0 Å². The minimum atomic E-state index is -4.30. The van der Waals surface area contributed by atoms with Crippen LogP contribution in [-0.4, -0.2) is 19.8 Å². The molecule has 90 valence electrons. The second-order valence-corrected chi connectivity index (χ2v) is 3.49. The molecule has 1 atom stereocenters. The van der Waals surface area contributed by atoms with Crippen LogP contribution in [0.5, 0.6) is 5.75 Å². The lowest BCUT2D eigenvalue weighted by atomic mass is 10.1. The van der Waals surface area contributed by atoms with Crippen molar-refractivity contribution in [2.24, 2.45) is 0 Å². The van der Waals surface area contributed by atoms with E-state index >= 15 is 0 Å². The van der Waals surface area contributed by atoms with E-state index < -0.39 is 12.8 Å². The summed E-state index contributed by atoms with van der Waals surface area (Å²) in [5.41, 5.74) is 0.891. The quantitative estimate of drug-likeness (QED) is 0.863. The number of rotatable bonds is 4. The Balaban J connectivity index is 2.68. The third-order valence-corrected chi connectivity index (χ3v) is 2.19. The minimum Gasteiger partial charge on any atom is -0.484 e. The summed E-state index contributed by atoms with van der Waals surface area (Å²) in [7, 11) is 1.79. The maximum Gasteiger partial charge on any atom is 0.422 e. The van der Waals surface area contributed by atoms with Gasteiger partial charge in [-0.1, -0.05) is 12.1 Å². The summed E-state index contributed by atoms with van der Waals surface area (Å²) in [6.07, 6.45) is -4.30. The molecule has 2 nitrogen and oxygen atoms in total. The van der Waals surface area contributed by atoms with Gasteiger partial charge in [0.15, 0.2) is 6.61 Å². The Kier molecular flexibility index (Phi) is 4.18. The van der Waals surface area contributed by atoms with E-state index in [1.807, 2.05) is 13.0 Å². The van der Waals surface area contributed by atoms with Crippen LogP contribution in [0.2, 0.25) is 0 Å². The molecular weight excluding hydrogens is 219 g/mol. The molecule has 0 spiro atoms. The molecule has 5 heteroatoms. The third-order valence-electron chi connectivity index (χ3n) is 2.19. The molecule has 0 aliphatic heterocycles. The maximum absolute atomic E-state index is 11.9. The number of hydrogen-bond donors (Lipinski definition) is 1. The first-order valence-corrected chi connectivity index (χ1v) is 4.89. The largest absolute Gasteiger partial charge is 0.484 e. The van der Waals surface area contributed by atoms with E-state index in [1.54, 1.807) is 19.2 Å². The van der Waals surface area contributed by atoms with E-state index in [1.165, 1.54) is 6.07 Å². The fraction of sp³-hybridized carbons (Fsp3) is 0.455. The molecule has 1 rings (SSSR count). The van der Waals surface area contributed by atoms with Crippen molar-refractivity contribution in [1.82, 2.24) is 5.32 Å². The molecule has 0 unspecified atom stereocenters. The van der Waals surface area contributed by atoms with E-state index in [-0.39, 0.29) is 11.8 Å². The van der Waals surface area contributed by atoms with Crippen molar-refractivity contribution in [2.75, 3.05) is 13.7 Å². The van der Waals surface area contributed by atoms with Crippen LogP contribution < -0.4 is 10.1 Å². The summed E-state index contributed by atoms with van der Waals surface area (Å²) in [6.45, 7) is 0.660. The van der Waals surface area contributed by atoms with Crippen LogP contribution in [0.15, 0.2) is 24.3 Å². The minimum absolute atomic E-state index is 0.0782. The fourth-order valence-corrected chi connectivity index (χ4v) is 1.21. The maximum atomic E-state index is 11.9. The van der Waals surface area contributed by atoms with Gasteiger partial charge in [0.2, 0.25) is 0 Å². The molecule has 1 aromatic carbocycles. The molecule has 0 radical (unpaired) electrons. The van der Waals surface area contributed by atoms with Gasteiger partial charge in [-0.05, 0) is 31.7 Å². The monoisotopic (exact) mass is 233 g/mol. The van der Waals surface area contributed by atoms with Crippen molar-refractivity contribution < 1.29 is 17.9 Å². The molecule has 1 aromatic rings. The van der Waals surface area contributed by atoms with Crippen LogP contribution in [0.4, 0.5) is 13.2 Å². The summed E-state index contributed by atoms with van der Waals surface area (Å²) in [6, 6.07) is 6.70. The highest BCUT2D eigenvalue weighted by atomic mass is 19.4. The molecule has 0 aliphatic carbocycles. The van der Waals surface area contributed by atoms with Gasteiger partial charge in [0, 0.05) is 6.04 Å². The van der Waals surface area contributed by atoms with Crippen molar-refractivity contribution in [3.63, 3.8) is 0 Å². The summed E-state index contributed by atoms with van der Waals surface area (Å²) in [4.78, 5) is 0. The normalized spacial score (nSPS) is 13.6. The topological polar surface area (TPSA) is 21.3 Å². The average molecular weight is 233 g/mol. The van der Waals surface area contributed by atoms with Crippen LogP contribution in [0.3, 0.4) is 0 Å². The lowest BCUT2D eigenvalue weighted by Crippen LogP contribution is -2.19. The van der Waals surface area contributed by atoms with Gasteiger partial charge in [-0.3, -0.25) is 0 Å². The summed E-state index contributed by atoms with van der Waals surface area (Å²) < 4.78 is 40.4. The van der Waals surface area contributed by atoms with Crippen molar-refractivity contribution in [1.29, 1.82) is 0 Å². The second-order valence-electron chi connectivity index (χ2n) is 3.49. The molecule has 0 amide bonds. The molecule has 0 aromatic heterocycles. The van der Waals surface area contributed by atoms with E-state index in [9.17, 15) is 13.2 Å². The van der Waals surface area contributed by atoms with E-state index in [0.717, 1.165) is 5.56 Å². The summed E-state index contributed by atoms with van der Waals surface area (Å²) in [5.74, 6) is 0.233. The molecule has 0 heterocycles. The van der Waals surface area contributed by atoms with E-state index in [2.05, 4.69) is 10.1 Å². The highest BCUT2D eigenvalue weighted by molar-refractivity contribution is 5.30. The highest BCUT2D eigenvalue weighted by Crippen LogP contribution is 2.21. The Morgan fingerprint density at radius 3 is 2.62 bits per heavy atom. The molecule has 0 aliphatic rings. The van der Waals surface area contributed by atoms with Gasteiger partial charge in [0.05, 0.1) is 0 Å². The number of alkyl halides is 3. The predicted molar refractivity (Wildman–Crippen MR) is 55.5 cm³/mol. The first-order valence-electron chi connectivity index (χ1n) is 4.89. The number of benzene rings is 1. The molecular formula is C11H14F3NO. The van der Waals surface area contributed by atoms with Gasteiger partial charge < -0.3 is 10.1 Å². The van der Waals surface area contributed by atoms with Crippen LogP contribution in [0.1, 0.15) is 18.5 Å². The Morgan fingerprint density at radius 1 is 1.38 bits per heavy atom. The first kappa shape index (κ1) is 12.8. The number of nitrogens with one attached hydrogen (secondary N) is 1. The first-order chi connectivity index (χ1) is 7.42. The fourth-order valence-electron chi connectivity index (χ4n) is 1.21. The SMILES string of the molecule is CN[C@@H](C)c1cccc(OCC(F)(F)F)c1. The number of ether oxygens (including phenoxy) is 1. The van der Waals surface area contributed by atoms with Gasteiger partial charge in [0.1, 0.15) is 5.75 Å². The Bertz CT molecular complexity index is 338. The van der Waals surface area contributed by atoms with Crippen LogP contribution in [0.25, 0.3) is 0 Å². The molecule has 0 bridgehead atoms. The molecule has 0 saturated heterocycles. The molecule has 0 saturated carbocycles. The van der Waals surface area contributed by atoms with Crippen molar-refractivity contribution in [3.05, 3.63) is 29.8 Å². The van der Waals surface area contributed by atoms with Crippen LogP contribution in [-0.2, 0) is 0 Å².